The zero-order valence-corrected chi connectivity index (χ0v) is 8.82. The minimum Gasteiger partial charge on any atom is -0.358 e. The van der Waals surface area contributed by atoms with Gasteiger partial charge in [-0.3, -0.25) is 9.69 Å². The average Bonchev–Trinajstić information content (AvgIpc) is 2.19. The molecular weight excluding hydrogens is 176 g/mol. The second-order valence-corrected chi connectivity index (χ2v) is 3.39. The van der Waals surface area contributed by atoms with Crippen LogP contribution in [0.15, 0.2) is 30.3 Å². The molecule has 1 aromatic carbocycles. The number of hydrogen-bond acceptors (Lipinski definition) is 2. The summed E-state index contributed by atoms with van der Waals surface area (Å²) >= 11 is 0. The lowest BCUT2D eigenvalue weighted by Crippen LogP contribution is -2.34. The van der Waals surface area contributed by atoms with E-state index in [1.807, 2.05) is 49.3 Å². The zero-order valence-electron chi connectivity index (χ0n) is 8.82. The van der Waals surface area contributed by atoms with Gasteiger partial charge in [0.2, 0.25) is 5.91 Å². The molecule has 0 heterocycles. The fourth-order valence-electron chi connectivity index (χ4n) is 1.46. The van der Waals surface area contributed by atoms with Gasteiger partial charge in [0.1, 0.15) is 6.04 Å². The van der Waals surface area contributed by atoms with Crippen LogP contribution in [-0.2, 0) is 4.79 Å². The van der Waals surface area contributed by atoms with Gasteiger partial charge >= 0.3 is 0 Å². The molecule has 0 saturated heterocycles. The van der Waals surface area contributed by atoms with Gasteiger partial charge in [-0.15, -0.1) is 0 Å². The second-order valence-electron chi connectivity index (χ2n) is 3.39. The Morgan fingerprint density at radius 2 is 1.86 bits per heavy atom. The minimum atomic E-state index is -0.207. The van der Waals surface area contributed by atoms with Crippen molar-refractivity contribution in [1.29, 1.82) is 0 Å². The molecule has 1 atom stereocenters. The molecule has 0 aliphatic rings. The highest BCUT2D eigenvalue weighted by atomic mass is 16.2. The highest BCUT2D eigenvalue weighted by Gasteiger charge is 2.20. The van der Waals surface area contributed by atoms with Crippen molar-refractivity contribution in [3.8, 4) is 0 Å². The van der Waals surface area contributed by atoms with E-state index in [9.17, 15) is 4.79 Å². The van der Waals surface area contributed by atoms with Gasteiger partial charge in [0, 0.05) is 7.05 Å². The van der Waals surface area contributed by atoms with Crippen molar-refractivity contribution >= 4 is 5.91 Å². The van der Waals surface area contributed by atoms with Crippen LogP contribution in [0.25, 0.3) is 0 Å². The Kier molecular flexibility index (Phi) is 3.65. The van der Waals surface area contributed by atoms with E-state index in [2.05, 4.69) is 5.32 Å². The van der Waals surface area contributed by atoms with Crippen LogP contribution in [0.3, 0.4) is 0 Å². The van der Waals surface area contributed by atoms with Crippen LogP contribution in [0, 0.1) is 0 Å². The van der Waals surface area contributed by atoms with Crippen LogP contribution in [-0.4, -0.2) is 32.0 Å². The van der Waals surface area contributed by atoms with Gasteiger partial charge in [-0.25, -0.2) is 0 Å². The predicted octanol–water partition coefficient (Wildman–Crippen LogP) is 1.04. The van der Waals surface area contributed by atoms with Crippen LogP contribution in [0.1, 0.15) is 11.6 Å². The lowest BCUT2D eigenvalue weighted by Gasteiger charge is -2.22. The molecule has 76 valence electrons. The van der Waals surface area contributed by atoms with Gasteiger partial charge in [-0.2, -0.15) is 0 Å². The van der Waals surface area contributed by atoms with Crippen LogP contribution < -0.4 is 5.32 Å². The van der Waals surface area contributed by atoms with Crippen LogP contribution >= 0.6 is 0 Å². The van der Waals surface area contributed by atoms with Crippen molar-refractivity contribution in [3.63, 3.8) is 0 Å². The number of benzene rings is 1. The van der Waals surface area contributed by atoms with Crippen molar-refractivity contribution in [1.82, 2.24) is 10.2 Å². The van der Waals surface area contributed by atoms with E-state index in [1.54, 1.807) is 7.05 Å². The Hall–Kier alpha value is -1.35. The Morgan fingerprint density at radius 1 is 1.29 bits per heavy atom. The molecule has 1 N–H and O–H groups in total. The van der Waals surface area contributed by atoms with E-state index in [0.717, 1.165) is 5.56 Å². The van der Waals surface area contributed by atoms with Crippen LogP contribution in [0.2, 0.25) is 0 Å². The van der Waals surface area contributed by atoms with Crippen molar-refractivity contribution < 1.29 is 4.79 Å². The molecule has 3 heteroatoms. The molecule has 0 radical (unpaired) electrons. The van der Waals surface area contributed by atoms with Gasteiger partial charge in [-0.05, 0) is 19.7 Å². The molecule has 1 aromatic rings. The van der Waals surface area contributed by atoms with Gasteiger partial charge < -0.3 is 5.32 Å². The van der Waals surface area contributed by atoms with Crippen molar-refractivity contribution in [2.75, 3.05) is 21.1 Å². The van der Waals surface area contributed by atoms with Crippen molar-refractivity contribution in [2.24, 2.45) is 0 Å². The standard InChI is InChI=1S/C11H16N2O/c1-12-11(14)10(13(2)3)9-7-5-4-6-8-9/h4-8,10H,1-3H3,(H,12,14). The van der Waals surface area contributed by atoms with Crippen LogP contribution in [0.4, 0.5) is 0 Å². The van der Waals surface area contributed by atoms with E-state index in [1.165, 1.54) is 0 Å². The highest BCUT2D eigenvalue weighted by molar-refractivity contribution is 5.82. The number of carbonyl (C=O) groups is 1. The molecule has 0 aliphatic carbocycles. The summed E-state index contributed by atoms with van der Waals surface area (Å²) in [7, 11) is 5.45. The van der Waals surface area contributed by atoms with Crippen molar-refractivity contribution in [3.05, 3.63) is 35.9 Å². The highest BCUT2D eigenvalue weighted by Crippen LogP contribution is 2.17. The number of carbonyl (C=O) groups excluding carboxylic acids is 1. The largest absolute Gasteiger partial charge is 0.358 e. The maximum atomic E-state index is 11.6. The second kappa shape index (κ2) is 4.77. The molecule has 14 heavy (non-hydrogen) atoms. The fourth-order valence-corrected chi connectivity index (χ4v) is 1.46. The summed E-state index contributed by atoms with van der Waals surface area (Å²) in [6, 6.07) is 9.53. The van der Waals surface area contributed by atoms with E-state index < -0.39 is 0 Å². The Balaban J connectivity index is 2.95. The molecule has 1 amide bonds. The number of amides is 1. The molecule has 0 fully saturated rings. The molecule has 0 saturated carbocycles. The molecule has 0 aromatic heterocycles. The minimum absolute atomic E-state index is 0.0150. The third-order valence-corrected chi connectivity index (χ3v) is 2.13. The third kappa shape index (κ3) is 2.33. The first-order valence-corrected chi connectivity index (χ1v) is 4.59. The lowest BCUT2D eigenvalue weighted by atomic mass is 10.1. The van der Waals surface area contributed by atoms with E-state index in [0.29, 0.717) is 0 Å². The number of rotatable bonds is 3. The number of nitrogens with zero attached hydrogens (tertiary/aromatic N) is 1. The summed E-state index contributed by atoms with van der Waals surface area (Å²) in [6.45, 7) is 0. The zero-order chi connectivity index (χ0) is 10.6. The third-order valence-electron chi connectivity index (χ3n) is 2.13. The van der Waals surface area contributed by atoms with Gasteiger partial charge in [0.05, 0.1) is 0 Å². The topological polar surface area (TPSA) is 32.3 Å². The normalized spacial score (nSPS) is 12.6. The lowest BCUT2D eigenvalue weighted by molar-refractivity contribution is -0.125. The van der Waals surface area contributed by atoms with Crippen molar-refractivity contribution in [2.45, 2.75) is 6.04 Å². The van der Waals surface area contributed by atoms with E-state index >= 15 is 0 Å². The molecule has 0 aliphatic heterocycles. The number of hydrogen-bond donors (Lipinski definition) is 1. The molecule has 3 nitrogen and oxygen atoms in total. The summed E-state index contributed by atoms with van der Waals surface area (Å²) in [5.41, 5.74) is 1.01. The molecule has 0 spiro atoms. The first kappa shape index (κ1) is 10.7. The van der Waals surface area contributed by atoms with Gasteiger partial charge in [0.15, 0.2) is 0 Å². The molecular formula is C11H16N2O. The first-order chi connectivity index (χ1) is 6.66. The van der Waals surface area contributed by atoms with E-state index in [4.69, 9.17) is 0 Å². The van der Waals surface area contributed by atoms with Gasteiger partial charge in [-0.1, -0.05) is 30.3 Å². The number of nitrogens with one attached hydrogen (secondary N) is 1. The van der Waals surface area contributed by atoms with Gasteiger partial charge in [0.25, 0.3) is 0 Å². The summed E-state index contributed by atoms with van der Waals surface area (Å²) < 4.78 is 0. The molecule has 1 rings (SSSR count). The van der Waals surface area contributed by atoms with Crippen LogP contribution in [0.5, 0.6) is 0 Å². The first-order valence-electron chi connectivity index (χ1n) is 4.59. The Labute approximate surface area is 84.7 Å². The molecule has 1 unspecified atom stereocenters. The summed E-state index contributed by atoms with van der Waals surface area (Å²) in [5, 5.41) is 2.66. The Morgan fingerprint density at radius 3 is 2.29 bits per heavy atom. The maximum Gasteiger partial charge on any atom is 0.241 e. The van der Waals surface area contributed by atoms with E-state index in [-0.39, 0.29) is 11.9 Å². The smallest absolute Gasteiger partial charge is 0.241 e. The summed E-state index contributed by atoms with van der Waals surface area (Å²) in [5.74, 6) is 0.0150. The average molecular weight is 192 g/mol. The number of likely N-dealkylation sites (N-methyl/N-ethyl adjacent to an activating group) is 2. The predicted molar refractivity (Wildman–Crippen MR) is 56.9 cm³/mol. The molecule has 0 bridgehead atoms. The fraction of sp³-hybridized carbons (Fsp3) is 0.364. The Bertz CT molecular complexity index is 295. The summed E-state index contributed by atoms with van der Waals surface area (Å²) in [6.07, 6.45) is 0. The maximum absolute atomic E-state index is 11.6. The SMILES string of the molecule is CNC(=O)C(c1ccccc1)N(C)C. The quantitative estimate of drug-likeness (QED) is 0.776. The summed E-state index contributed by atoms with van der Waals surface area (Å²) in [4.78, 5) is 13.5. The monoisotopic (exact) mass is 192 g/mol.